The van der Waals surface area contributed by atoms with Gasteiger partial charge in [0, 0.05) is 44.3 Å². The van der Waals surface area contributed by atoms with Gasteiger partial charge in [0.2, 0.25) is 0 Å². The number of hydrogen-bond donors (Lipinski definition) is 1. The molecule has 7 heteroatoms. The molecule has 1 aliphatic rings. The summed E-state index contributed by atoms with van der Waals surface area (Å²) < 4.78 is 34.2. The minimum absolute atomic E-state index is 0.0869. The average Bonchev–Trinajstić information content (AvgIpc) is 2.49. The van der Waals surface area contributed by atoms with Crippen LogP contribution in [-0.4, -0.2) is 56.5 Å². The molecule has 6 nitrogen and oxygen atoms in total. The first-order chi connectivity index (χ1) is 10.9. The van der Waals surface area contributed by atoms with E-state index in [1.54, 1.807) is 0 Å². The van der Waals surface area contributed by atoms with Crippen LogP contribution in [0.25, 0.3) is 0 Å². The molecule has 0 aliphatic carbocycles. The van der Waals surface area contributed by atoms with Crippen LogP contribution < -0.4 is 9.46 Å². The zero-order valence-electron chi connectivity index (χ0n) is 14.2. The van der Waals surface area contributed by atoms with Crippen molar-refractivity contribution < 1.29 is 13.2 Å². The molecule has 0 amide bonds. The third-order valence-corrected chi connectivity index (χ3v) is 5.54. The molecule has 0 spiro atoms. The van der Waals surface area contributed by atoms with Crippen molar-refractivity contribution in [3.05, 3.63) is 29.8 Å². The number of para-hydroxylation sites is 1. The summed E-state index contributed by atoms with van der Waals surface area (Å²) in [4.78, 5) is 2.26. The highest BCUT2D eigenvalue weighted by Crippen LogP contribution is 2.20. The number of benzene rings is 1. The van der Waals surface area contributed by atoms with E-state index >= 15 is 0 Å². The van der Waals surface area contributed by atoms with Crippen LogP contribution in [0.2, 0.25) is 0 Å². The van der Waals surface area contributed by atoms with Crippen molar-refractivity contribution >= 4 is 10.2 Å². The summed E-state index contributed by atoms with van der Waals surface area (Å²) in [5, 5.41) is 0. The van der Waals surface area contributed by atoms with Gasteiger partial charge in [-0.3, -0.25) is 4.90 Å². The fourth-order valence-electron chi connectivity index (χ4n) is 2.67. The largest absolute Gasteiger partial charge is 0.494 e. The van der Waals surface area contributed by atoms with Crippen molar-refractivity contribution in [2.24, 2.45) is 0 Å². The van der Waals surface area contributed by atoms with E-state index in [1.165, 1.54) is 4.31 Å². The van der Waals surface area contributed by atoms with Gasteiger partial charge in [0.15, 0.2) is 0 Å². The van der Waals surface area contributed by atoms with Crippen molar-refractivity contribution in [2.75, 3.05) is 32.8 Å². The molecule has 130 valence electrons. The second-order valence-electron chi connectivity index (χ2n) is 5.99. The monoisotopic (exact) mass is 341 g/mol. The third-order valence-electron chi connectivity index (χ3n) is 3.72. The maximum atomic E-state index is 12.2. The summed E-state index contributed by atoms with van der Waals surface area (Å²) in [6, 6.07) is 7.93. The Morgan fingerprint density at radius 3 is 2.43 bits per heavy atom. The molecule has 1 N–H and O–H groups in total. The van der Waals surface area contributed by atoms with E-state index in [4.69, 9.17) is 4.74 Å². The molecule has 0 aromatic heterocycles. The molecule has 1 fully saturated rings. The zero-order valence-corrected chi connectivity index (χ0v) is 15.0. The van der Waals surface area contributed by atoms with E-state index in [2.05, 4.69) is 15.7 Å². The molecule has 1 heterocycles. The Labute approximate surface area is 139 Å². The number of nitrogens with one attached hydrogen (secondary N) is 1. The normalized spacial score (nSPS) is 17.6. The second-order valence-corrected chi connectivity index (χ2v) is 7.70. The Bertz CT molecular complexity index is 596. The quantitative estimate of drug-likeness (QED) is 0.815. The van der Waals surface area contributed by atoms with Gasteiger partial charge < -0.3 is 4.74 Å². The van der Waals surface area contributed by atoms with Gasteiger partial charge in [0.25, 0.3) is 10.2 Å². The van der Waals surface area contributed by atoms with Crippen LogP contribution in [-0.2, 0) is 16.8 Å². The average molecular weight is 341 g/mol. The first-order valence-electron chi connectivity index (χ1n) is 8.13. The maximum absolute atomic E-state index is 12.2. The summed E-state index contributed by atoms with van der Waals surface area (Å²) in [5.74, 6) is 0.909. The van der Waals surface area contributed by atoms with Crippen LogP contribution in [0.1, 0.15) is 26.3 Å². The van der Waals surface area contributed by atoms with E-state index in [1.807, 2.05) is 39.0 Å². The first-order valence-corrected chi connectivity index (χ1v) is 9.57. The molecule has 1 aromatic carbocycles. The van der Waals surface area contributed by atoms with Crippen molar-refractivity contribution in [3.8, 4) is 5.75 Å². The fourth-order valence-corrected chi connectivity index (χ4v) is 4.06. The Kier molecular flexibility index (Phi) is 6.41. The Balaban J connectivity index is 1.93. The van der Waals surface area contributed by atoms with Gasteiger partial charge >= 0.3 is 0 Å². The lowest BCUT2D eigenvalue weighted by molar-refractivity contribution is 0.178. The van der Waals surface area contributed by atoms with Crippen LogP contribution >= 0.6 is 0 Å². The molecule has 0 bridgehead atoms. The van der Waals surface area contributed by atoms with Crippen LogP contribution in [0.5, 0.6) is 5.75 Å². The number of piperazine rings is 1. The molecule has 1 aromatic rings. The van der Waals surface area contributed by atoms with Crippen LogP contribution in [0, 0.1) is 0 Å². The third kappa shape index (κ3) is 5.17. The molecular weight excluding hydrogens is 314 g/mol. The van der Waals surface area contributed by atoms with Crippen LogP contribution in [0.4, 0.5) is 0 Å². The predicted octanol–water partition coefficient (Wildman–Crippen LogP) is 1.45. The summed E-state index contributed by atoms with van der Waals surface area (Å²) in [6.07, 6.45) is 0. The van der Waals surface area contributed by atoms with Gasteiger partial charge in [-0.15, -0.1) is 0 Å². The summed E-state index contributed by atoms with van der Waals surface area (Å²) in [5.41, 5.74) is 1.14. The lowest BCUT2D eigenvalue weighted by Gasteiger charge is -2.34. The Hall–Kier alpha value is -1.15. The molecule has 0 unspecified atom stereocenters. The topological polar surface area (TPSA) is 61.9 Å². The van der Waals surface area contributed by atoms with Gasteiger partial charge in [-0.2, -0.15) is 17.4 Å². The molecule has 1 saturated heterocycles. The summed E-state index contributed by atoms with van der Waals surface area (Å²) in [7, 11) is -3.36. The number of rotatable bonds is 7. The minimum atomic E-state index is -3.36. The standard InChI is InChI=1S/C16H27N3O3S/c1-4-22-16-8-6-5-7-15(16)13-18-9-11-19(12-10-18)23(20,21)17-14(2)3/h5-8,14,17H,4,9-13H2,1-3H3. The number of nitrogens with zero attached hydrogens (tertiary/aromatic N) is 2. The molecule has 1 aliphatic heterocycles. The SMILES string of the molecule is CCOc1ccccc1CN1CCN(S(=O)(=O)NC(C)C)CC1. The zero-order chi connectivity index (χ0) is 16.9. The molecule has 0 saturated carbocycles. The first kappa shape index (κ1) is 18.2. The minimum Gasteiger partial charge on any atom is -0.494 e. The van der Waals surface area contributed by atoms with Crippen molar-refractivity contribution in [2.45, 2.75) is 33.4 Å². The van der Waals surface area contributed by atoms with Gasteiger partial charge in [-0.1, -0.05) is 18.2 Å². The van der Waals surface area contributed by atoms with E-state index in [-0.39, 0.29) is 6.04 Å². The van der Waals surface area contributed by atoms with E-state index in [0.717, 1.165) is 30.9 Å². The summed E-state index contributed by atoms with van der Waals surface area (Å²) in [6.45, 7) is 9.53. The van der Waals surface area contributed by atoms with Crippen LogP contribution in [0.15, 0.2) is 24.3 Å². The van der Waals surface area contributed by atoms with Gasteiger partial charge in [-0.25, -0.2) is 0 Å². The van der Waals surface area contributed by atoms with Gasteiger partial charge in [-0.05, 0) is 26.8 Å². The number of ether oxygens (including phenoxy) is 1. The Morgan fingerprint density at radius 1 is 1.17 bits per heavy atom. The molecule has 2 rings (SSSR count). The maximum Gasteiger partial charge on any atom is 0.279 e. The molecule has 23 heavy (non-hydrogen) atoms. The second kappa shape index (κ2) is 8.10. The van der Waals surface area contributed by atoms with E-state index < -0.39 is 10.2 Å². The van der Waals surface area contributed by atoms with E-state index in [9.17, 15) is 8.42 Å². The van der Waals surface area contributed by atoms with E-state index in [0.29, 0.717) is 19.7 Å². The smallest absolute Gasteiger partial charge is 0.279 e. The molecule has 0 radical (unpaired) electrons. The molecular formula is C16H27N3O3S. The molecule has 0 atom stereocenters. The van der Waals surface area contributed by atoms with Gasteiger partial charge in [0.05, 0.1) is 6.61 Å². The highest BCUT2D eigenvalue weighted by Gasteiger charge is 2.27. The lowest BCUT2D eigenvalue weighted by Crippen LogP contribution is -2.52. The predicted molar refractivity (Wildman–Crippen MR) is 91.7 cm³/mol. The fraction of sp³-hybridized carbons (Fsp3) is 0.625. The highest BCUT2D eigenvalue weighted by atomic mass is 32.2. The van der Waals surface area contributed by atoms with Gasteiger partial charge in [0.1, 0.15) is 5.75 Å². The van der Waals surface area contributed by atoms with Crippen molar-refractivity contribution in [3.63, 3.8) is 0 Å². The lowest BCUT2D eigenvalue weighted by atomic mass is 10.2. The van der Waals surface area contributed by atoms with Crippen molar-refractivity contribution in [1.82, 2.24) is 13.9 Å². The summed E-state index contributed by atoms with van der Waals surface area (Å²) >= 11 is 0. The van der Waals surface area contributed by atoms with Crippen molar-refractivity contribution in [1.29, 1.82) is 0 Å². The Morgan fingerprint density at radius 2 is 1.83 bits per heavy atom. The number of hydrogen-bond acceptors (Lipinski definition) is 4. The van der Waals surface area contributed by atoms with Crippen LogP contribution in [0.3, 0.4) is 0 Å². The highest BCUT2D eigenvalue weighted by molar-refractivity contribution is 7.87.